The molecule has 2 heteroatoms. The summed E-state index contributed by atoms with van der Waals surface area (Å²) in [5.41, 5.74) is 0. The summed E-state index contributed by atoms with van der Waals surface area (Å²) in [6.45, 7) is 2.84. The van der Waals surface area contributed by atoms with E-state index in [0.717, 1.165) is 25.3 Å². The van der Waals surface area contributed by atoms with E-state index in [1.807, 2.05) is 0 Å². The zero-order valence-electron chi connectivity index (χ0n) is 3.52. The van der Waals surface area contributed by atoms with Gasteiger partial charge in [0, 0.05) is 0 Å². The van der Waals surface area contributed by atoms with Crippen LogP contribution in [-0.4, -0.2) is 26.5 Å². The molecule has 0 amide bonds. The number of alkyl halides is 2. The quantitative estimate of drug-likeness (QED) is 0.184. The maximum atomic E-state index is 2.58. The van der Waals surface area contributed by atoms with Crippen LogP contribution in [-0.2, 0) is 0 Å². The van der Waals surface area contributed by atoms with E-state index in [2.05, 4.69) is 4.90 Å². The summed E-state index contributed by atoms with van der Waals surface area (Å²) in [4.78, 5) is 2.58. The van der Waals surface area contributed by atoms with E-state index in [-0.39, 0.29) is 0 Å². The molecule has 1 nitrogen and oxygen atoms in total. The fraction of sp³-hybridized carbons (Fsp3) is 1.00. The van der Waals surface area contributed by atoms with E-state index in [1.54, 1.807) is 4.43 Å². The molecule has 0 unspecified atom stereocenters. The van der Waals surface area contributed by atoms with E-state index in [0.29, 0.717) is 0 Å². The topological polar surface area (TPSA) is 3.01 Å². The van der Waals surface area contributed by atoms with Crippen LogP contribution in [0.5, 0.6) is 0 Å². The molecular formula is C4H7IN-. The van der Waals surface area contributed by atoms with Gasteiger partial charge >= 0.3 is 47.7 Å². The van der Waals surface area contributed by atoms with Gasteiger partial charge in [0.05, 0.1) is 0 Å². The van der Waals surface area contributed by atoms with Crippen molar-refractivity contribution < 1.29 is 21.2 Å². The molecule has 0 radical (unpaired) electrons. The maximum absolute atomic E-state index is 2.58. The van der Waals surface area contributed by atoms with Gasteiger partial charge in [0.1, 0.15) is 0 Å². The average molecular weight is 196 g/mol. The van der Waals surface area contributed by atoms with E-state index < -0.39 is 0 Å². The Kier molecular flexibility index (Phi) is 0.669. The van der Waals surface area contributed by atoms with Crippen LogP contribution >= 0.6 is 0 Å². The van der Waals surface area contributed by atoms with Gasteiger partial charge in [0.25, 0.3) is 0 Å². The second-order valence-electron chi connectivity index (χ2n) is 1.78. The molecule has 2 saturated heterocycles. The first-order valence-corrected chi connectivity index (χ1v) is 5.06. The van der Waals surface area contributed by atoms with Crippen molar-refractivity contribution in [1.82, 2.24) is 4.90 Å². The zero-order chi connectivity index (χ0) is 3.98. The number of hydrogen-bond acceptors (Lipinski definition) is 1. The van der Waals surface area contributed by atoms with E-state index >= 15 is 0 Å². The summed E-state index contributed by atoms with van der Waals surface area (Å²) < 4.78 is 2.75. The number of hydrogen-bond donors (Lipinski definition) is 0. The van der Waals surface area contributed by atoms with E-state index in [1.165, 1.54) is 13.1 Å². The Bertz CT molecular complexity index is 55.9. The predicted octanol–water partition coefficient (Wildman–Crippen LogP) is -3.27. The van der Waals surface area contributed by atoms with Gasteiger partial charge < -0.3 is 0 Å². The Hall–Kier alpha value is 0.690. The molecular weight excluding hydrogens is 189 g/mol. The summed E-state index contributed by atoms with van der Waals surface area (Å²) in [6.07, 6.45) is 0. The second-order valence-corrected chi connectivity index (χ2v) is 4.98. The minimum absolute atomic E-state index is 0.722. The van der Waals surface area contributed by atoms with Crippen molar-refractivity contribution in [2.24, 2.45) is 0 Å². The van der Waals surface area contributed by atoms with Crippen molar-refractivity contribution >= 4 is 0 Å². The van der Waals surface area contributed by atoms with Gasteiger partial charge in [-0.25, -0.2) is 0 Å². The molecule has 0 aromatic rings. The van der Waals surface area contributed by atoms with E-state index in [4.69, 9.17) is 0 Å². The monoisotopic (exact) mass is 196 g/mol. The Morgan fingerprint density at radius 3 is 2.33 bits per heavy atom. The average Bonchev–Trinajstić information content (AvgIpc) is 2.26. The number of nitrogens with zero attached hydrogens (tertiary/aromatic N) is 1. The van der Waals surface area contributed by atoms with Crippen molar-refractivity contribution in [3.05, 3.63) is 0 Å². The molecule has 2 rings (SSSR count). The molecule has 2 heterocycles. The second kappa shape index (κ2) is 1.10. The molecule has 0 bridgehead atoms. The molecule has 0 aliphatic carbocycles. The molecule has 0 saturated carbocycles. The van der Waals surface area contributed by atoms with E-state index in [9.17, 15) is 0 Å². The van der Waals surface area contributed by atoms with Crippen LogP contribution in [0.4, 0.5) is 0 Å². The van der Waals surface area contributed by atoms with Gasteiger partial charge in [0.2, 0.25) is 0 Å². The van der Waals surface area contributed by atoms with Crippen LogP contribution in [0.1, 0.15) is 0 Å². The zero-order valence-corrected chi connectivity index (χ0v) is 5.68. The molecule has 0 aromatic carbocycles. The summed E-state index contributed by atoms with van der Waals surface area (Å²) in [5, 5.41) is 0. The summed E-state index contributed by atoms with van der Waals surface area (Å²) in [5.74, 6) is 0. The molecule has 2 aliphatic rings. The Balaban J connectivity index is 1.92. The van der Waals surface area contributed by atoms with Gasteiger partial charge in [-0.1, -0.05) is 0 Å². The fourth-order valence-corrected chi connectivity index (χ4v) is 2.47. The standard InChI is InChI=1S/C4H7IN/c1-2-6(1)4-3-5-4/h4H,1-3H2/q-1/t4-/m0/s1. The van der Waals surface area contributed by atoms with Crippen LogP contribution in [0, 0.1) is 0 Å². The summed E-state index contributed by atoms with van der Waals surface area (Å²) in [7, 11) is 0. The molecule has 2 fully saturated rings. The third-order valence-electron chi connectivity index (χ3n) is 1.17. The molecule has 36 valence electrons. The normalized spacial score (nSPS) is 44.3. The SMILES string of the molecule is C1[I-][C@H]1N1CC1. The first kappa shape index (κ1) is 3.66. The van der Waals surface area contributed by atoms with Crippen molar-refractivity contribution in [1.29, 1.82) is 0 Å². The van der Waals surface area contributed by atoms with Crippen LogP contribution < -0.4 is 21.2 Å². The van der Waals surface area contributed by atoms with Crippen molar-refractivity contribution in [2.75, 3.05) is 17.5 Å². The molecule has 1 atom stereocenters. The van der Waals surface area contributed by atoms with Crippen LogP contribution in [0.25, 0.3) is 0 Å². The van der Waals surface area contributed by atoms with Crippen molar-refractivity contribution in [3.8, 4) is 0 Å². The third kappa shape index (κ3) is 0.559. The first-order chi connectivity index (χ1) is 2.97. The summed E-state index contributed by atoms with van der Waals surface area (Å²) in [6, 6.07) is 0. The fourth-order valence-electron chi connectivity index (χ4n) is 0.573. The number of halogens is 1. The Morgan fingerprint density at radius 2 is 2.17 bits per heavy atom. The minimum atomic E-state index is 0.722. The van der Waals surface area contributed by atoms with Crippen molar-refractivity contribution in [2.45, 2.75) is 4.05 Å². The Labute approximate surface area is 48.0 Å². The number of rotatable bonds is 1. The Morgan fingerprint density at radius 1 is 1.50 bits per heavy atom. The van der Waals surface area contributed by atoms with Crippen LogP contribution in [0.2, 0.25) is 0 Å². The van der Waals surface area contributed by atoms with Crippen LogP contribution in [0.15, 0.2) is 0 Å². The van der Waals surface area contributed by atoms with Gasteiger partial charge in [-0.05, 0) is 0 Å². The van der Waals surface area contributed by atoms with Crippen LogP contribution in [0.3, 0.4) is 0 Å². The summed E-state index contributed by atoms with van der Waals surface area (Å²) >= 11 is 0.722. The molecule has 0 N–H and O–H groups in total. The molecule has 6 heavy (non-hydrogen) atoms. The van der Waals surface area contributed by atoms with Gasteiger partial charge in [-0.15, -0.1) is 0 Å². The molecule has 0 spiro atoms. The molecule has 0 aromatic heterocycles. The first-order valence-electron chi connectivity index (χ1n) is 2.28. The predicted molar refractivity (Wildman–Crippen MR) is 20.2 cm³/mol. The van der Waals surface area contributed by atoms with Crippen molar-refractivity contribution in [3.63, 3.8) is 0 Å². The third-order valence-corrected chi connectivity index (χ3v) is 3.63. The van der Waals surface area contributed by atoms with Gasteiger partial charge in [-0.3, -0.25) is 0 Å². The van der Waals surface area contributed by atoms with Gasteiger partial charge in [-0.2, -0.15) is 0 Å². The van der Waals surface area contributed by atoms with Gasteiger partial charge in [0.15, 0.2) is 0 Å². The molecule has 2 aliphatic heterocycles.